The van der Waals surface area contributed by atoms with Crippen LogP contribution >= 0.6 is 11.8 Å². The van der Waals surface area contributed by atoms with Crippen LogP contribution in [0.4, 0.5) is 6.01 Å². The van der Waals surface area contributed by atoms with Gasteiger partial charge >= 0.3 is 6.01 Å². The topological polar surface area (TPSA) is 77.0 Å². The molecule has 0 aliphatic carbocycles. The van der Waals surface area contributed by atoms with Gasteiger partial charge in [0.25, 0.3) is 0 Å². The number of hydrogen-bond acceptors (Lipinski definition) is 6. The quantitative estimate of drug-likeness (QED) is 0.730. The summed E-state index contributed by atoms with van der Waals surface area (Å²) in [6.45, 7) is 3.49. The average Bonchev–Trinajstić information content (AvgIpc) is 2.63. The molecule has 6 heteroatoms. The minimum absolute atomic E-state index is 0.481. The fourth-order valence-corrected chi connectivity index (χ4v) is 1.11. The van der Waals surface area contributed by atoms with E-state index in [0.29, 0.717) is 30.1 Å². The molecule has 0 aromatic carbocycles. The standard InChI is InChI=1S/C8H16N4OS/c1-6(14-2)5-10-8-12-11-7(13-8)3-4-9/h6H,3-5,9H2,1-2H3,(H,10,12). The van der Waals surface area contributed by atoms with E-state index >= 15 is 0 Å². The Bertz CT molecular complexity index is 266. The van der Waals surface area contributed by atoms with Gasteiger partial charge in [0, 0.05) is 24.8 Å². The predicted molar refractivity (Wildman–Crippen MR) is 58.5 cm³/mol. The van der Waals surface area contributed by atoms with Gasteiger partial charge in [-0.05, 0) is 6.26 Å². The summed E-state index contributed by atoms with van der Waals surface area (Å²) < 4.78 is 5.30. The van der Waals surface area contributed by atoms with Gasteiger partial charge in [-0.1, -0.05) is 12.0 Å². The van der Waals surface area contributed by atoms with Crippen LogP contribution in [-0.2, 0) is 6.42 Å². The molecule has 0 aliphatic rings. The number of anilines is 1. The monoisotopic (exact) mass is 216 g/mol. The Morgan fingerprint density at radius 1 is 1.57 bits per heavy atom. The molecular weight excluding hydrogens is 200 g/mol. The second-order valence-electron chi connectivity index (χ2n) is 2.97. The molecule has 3 N–H and O–H groups in total. The Kier molecular flexibility index (Phi) is 4.75. The van der Waals surface area contributed by atoms with E-state index in [0.717, 1.165) is 6.54 Å². The molecular formula is C8H16N4OS. The van der Waals surface area contributed by atoms with Gasteiger partial charge in [0.2, 0.25) is 5.89 Å². The van der Waals surface area contributed by atoms with Crippen molar-refractivity contribution in [2.45, 2.75) is 18.6 Å². The SMILES string of the molecule is CSC(C)CNc1nnc(CCN)o1. The third kappa shape index (κ3) is 3.55. The van der Waals surface area contributed by atoms with Gasteiger partial charge < -0.3 is 15.5 Å². The lowest BCUT2D eigenvalue weighted by molar-refractivity contribution is 0.506. The van der Waals surface area contributed by atoms with Crippen molar-refractivity contribution < 1.29 is 4.42 Å². The van der Waals surface area contributed by atoms with Crippen molar-refractivity contribution in [1.82, 2.24) is 10.2 Å². The first-order valence-corrected chi connectivity index (χ1v) is 5.84. The van der Waals surface area contributed by atoms with Gasteiger partial charge in [-0.2, -0.15) is 11.8 Å². The third-order valence-electron chi connectivity index (χ3n) is 1.77. The summed E-state index contributed by atoms with van der Waals surface area (Å²) in [6, 6.07) is 0.481. The van der Waals surface area contributed by atoms with Gasteiger partial charge in [-0.3, -0.25) is 0 Å². The molecule has 0 aliphatic heterocycles. The first kappa shape index (κ1) is 11.3. The fourth-order valence-electron chi connectivity index (χ4n) is 0.864. The Morgan fingerprint density at radius 2 is 2.36 bits per heavy atom. The highest BCUT2D eigenvalue weighted by Gasteiger charge is 2.05. The molecule has 0 spiro atoms. The molecule has 80 valence electrons. The van der Waals surface area contributed by atoms with Crippen molar-refractivity contribution >= 4 is 17.8 Å². The van der Waals surface area contributed by atoms with Crippen molar-refractivity contribution in [2.24, 2.45) is 5.73 Å². The van der Waals surface area contributed by atoms with E-state index in [2.05, 4.69) is 28.7 Å². The number of rotatable bonds is 6. The summed E-state index contributed by atoms with van der Waals surface area (Å²) in [5.41, 5.74) is 5.36. The van der Waals surface area contributed by atoms with Gasteiger partial charge in [0.15, 0.2) is 0 Å². The van der Waals surface area contributed by atoms with E-state index in [9.17, 15) is 0 Å². The number of aromatic nitrogens is 2. The predicted octanol–water partition coefficient (Wildman–Crippen LogP) is 0.734. The molecule has 1 aromatic rings. The van der Waals surface area contributed by atoms with Crippen molar-refractivity contribution in [3.63, 3.8) is 0 Å². The number of nitrogens with two attached hydrogens (primary N) is 1. The lowest BCUT2D eigenvalue weighted by Gasteiger charge is -2.06. The smallest absolute Gasteiger partial charge is 0.315 e. The number of nitrogens with zero attached hydrogens (tertiary/aromatic N) is 2. The second-order valence-corrected chi connectivity index (χ2v) is 4.24. The minimum atomic E-state index is 0.481. The van der Waals surface area contributed by atoms with Gasteiger partial charge in [0.05, 0.1) is 0 Å². The molecule has 1 aromatic heterocycles. The maximum atomic E-state index is 5.36. The summed E-state index contributed by atoms with van der Waals surface area (Å²) in [5.74, 6) is 0.590. The van der Waals surface area contributed by atoms with E-state index in [4.69, 9.17) is 10.2 Å². The van der Waals surface area contributed by atoms with Crippen molar-refractivity contribution in [3.05, 3.63) is 5.89 Å². The zero-order valence-electron chi connectivity index (χ0n) is 8.49. The van der Waals surface area contributed by atoms with Crippen molar-refractivity contribution in [3.8, 4) is 0 Å². The Balaban J connectivity index is 2.35. The first-order valence-electron chi connectivity index (χ1n) is 4.55. The molecule has 0 fully saturated rings. The zero-order chi connectivity index (χ0) is 10.4. The summed E-state index contributed by atoms with van der Waals surface area (Å²) in [4.78, 5) is 0. The highest BCUT2D eigenvalue weighted by atomic mass is 32.2. The van der Waals surface area contributed by atoms with Crippen LogP contribution in [0.1, 0.15) is 12.8 Å². The first-order chi connectivity index (χ1) is 6.76. The lowest BCUT2D eigenvalue weighted by atomic mass is 10.4. The molecule has 0 bridgehead atoms. The van der Waals surface area contributed by atoms with Gasteiger partial charge in [0.1, 0.15) is 0 Å². The van der Waals surface area contributed by atoms with E-state index < -0.39 is 0 Å². The van der Waals surface area contributed by atoms with Crippen molar-refractivity contribution in [2.75, 3.05) is 24.7 Å². The maximum absolute atomic E-state index is 5.36. The molecule has 0 saturated carbocycles. The largest absolute Gasteiger partial charge is 0.408 e. The Hall–Kier alpha value is -0.750. The van der Waals surface area contributed by atoms with Crippen LogP contribution in [0.5, 0.6) is 0 Å². The highest BCUT2D eigenvalue weighted by Crippen LogP contribution is 2.09. The molecule has 14 heavy (non-hydrogen) atoms. The molecule has 1 rings (SSSR count). The molecule has 1 heterocycles. The molecule has 5 nitrogen and oxygen atoms in total. The zero-order valence-corrected chi connectivity index (χ0v) is 9.30. The number of thioether (sulfide) groups is 1. The number of nitrogens with one attached hydrogen (secondary N) is 1. The van der Waals surface area contributed by atoms with Crippen LogP contribution in [0.25, 0.3) is 0 Å². The normalized spacial score (nSPS) is 12.8. The summed E-state index contributed by atoms with van der Waals surface area (Å²) >= 11 is 1.79. The summed E-state index contributed by atoms with van der Waals surface area (Å²) in [5, 5.41) is 11.3. The lowest BCUT2D eigenvalue weighted by Crippen LogP contribution is -2.12. The summed E-state index contributed by atoms with van der Waals surface area (Å²) in [6.07, 6.45) is 2.70. The van der Waals surface area contributed by atoms with E-state index in [-0.39, 0.29) is 0 Å². The van der Waals surface area contributed by atoms with Crippen LogP contribution < -0.4 is 11.1 Å². The second kappa shape index (κ2) is 5.87. The van der Waals surface area contributed by atoms with Crippen LogP contribution in [0.2, 0.25) is 0 Å². The van der Waals surface area contributed by atoms with E-state index in [1.807, 2.05) is 0 Å². The van der Waals surface area contributed by atoms with Gasteiger partial charge in [-0.25, -0.2) is 0 Å². The molecule has 1 atom stereocenters. The van der Waals surface area contributed by atoms with Gasteiger partial charge in [-0.15, -0.1) is 5.10 Å². The molecule has 0 radical (unpaired) electrons. The highest BCUT2D eigenvalue weighted by molar-refractivity contribution is 7.99. The molecule has 0 amide bonds. The summed E-state index contributed by atoms with van der Waals surface area (Å²) in [7, 11) is 0. The van der Waals surface area contributed by atoms with E-state index in [1.54, 1.807) is 11.8 Å². The Labute approximate surface area is 87.8 Å². The van der Waals surface area contributed by atoms with Crippen LogP contribution in [0.15, 0.2) is 4.42 Å². The Morgan fingerprint density at radius 3 is 3.00 bits per heavy atom. The van der Waals surface area contributed by atoms with E-state index in [1.165, 1.54) is 0 Å². The maximum Gasteiger partial charge on any atom is 0.315 e. The fraction of sp³-hybridized carbons (Fsp3) is 0.750. The molecule has 1 unspecified atom stereocenters. The molecule has 0 saturated heterocycles. The third-order valence-corrected chi connectivity index (χ3v) is 2.74. The number of hydrogen-bond donors (Lipinski definition) is 2. The van der Waals surface area contributed by atoms with Crippen LogP contribution in [0.3, 0.4) is 0 Å². The van der Waals surface area contributed by atoms with Crippen LogP contribution in [-0.4, -0.2) is 34.8 Å². The van der Waals surface area contributed by atoms with Crippen molar-refractivity contribution in [1.29, 1.82) is 0 Å². The average molecular weight is 216 g/mol. The minimum Gasteiger partial charge on any atom is -0.408 e. The van der Waals surface area contributed by atoms with Crippen LogP contribution in [0, 0.1) is 0 Å².